The highest BCUT2D eigenvalue weighted by molar-refractivity contribution is 6.13. The average molecular weight is 977 g/mol. The van der Waals surface area contributed by atoms with Gasteiger partial charge in [-0.25, -0.2) is 0 Å². The summed E-state index contributed by atoms with van der Waals surface area (Å²) in [6.45, 7) is 0. The first-order valence-electron chi connectivity index (χ1n) is 26.7. The molecule has 0 fully saturated rings. The van der Waals surface area contributed by atoms with Crippen molar-refractivity contribution in [2.45, 2.75) is 5.41 Å². The van der Waals surface area contributed by atoms with Crippen LogP contribution < -0.4 is 4.90 Å². The molecule has 1 atom stereocenters. The van der Waals surface area contributed by atoms with E-state index >= 15 is 0 Å². The summed E-state index contributed by atoms with van der Waals surface area (Å²) in [5.41, 5.74) is 24.0. The van der Waals surface area contributed by atoms with Gasteiger partial charge in [-0.05, 0) is 148 Å². The van der Waals surface area contributed by atoms with Gasteiger partial charge >= 0.3 is 0 Å². The van der Waals surface area contributed by atoms with E-state index in [1.807, 2.05) is 0 Å². The Morgan fingerprint density at radius 3 is 1.71 bits per heavy atom. The van der Waals surface area contributed by atoms with Gasteiger partial charge in [0.25, 0.3) is 0 Å². The highest BCUT2D eigenvalue weighted by Gasteiger charge is 2.50. The fourth-order valence-corrected chi connectivity index (χ4v) is 13.5. The Bertz CT molecular complexity index is 4690. The molecule has 0 bridgehead atoms. The molecule has 0 amide bonds. The monoisotopic (exact) mass is 976 g/mol. The van der Waals surface area contributed by atoms with Crippen molar-refractivity contribution < 1.29 is 0 Å². The Kier molecular flexibility index (Phi) is 9.58. The normalized spacial score (nSPS) is 14.0. The first-order valence-corrected chi connectivity index (χ1v) is 26.7. The molecule has 0 N–H and O–H groups in total. The van der Waals surface area contributed by atoms with Gasteiger partial charge in [-0.3, -0.25) is 0 Å². The second-order valence-corrected chi connectivity index (χ2v) is 20.7. The maximum Gasteiger partial charge on any atom is 0.0754 e. The number of benzene rings is 13. The second kappa shape index (κ2) is 17.0. The molecule has 77 heavy (non-hydrogen) atoms. The maximum absolute atomic E-state index is 2.52. The molecule has 2 heterocycles. The van der Waals surface area contributed by atoms with E-state index < -0.39 is 5.41 Å². The van der Waals surface area contributed by atoms with E-state index in [-0.39, 0.29) is 0 Å². The lowest BCUT2D eigenvalue weighted by Crippen LogP contribution is -2.33. The molecule has 1 spiro atoms. The molecule has 16 rings (SSSR count). The quantitative estimate of drug-likeness (QED) is 0.154. The van der Waals surface area contributed by atoms with Gasteiger partial charge in [0.15, 0.2) is 0 Å². The van der Waals surface area contributed by atoms with Gasteiger partial charge in [0.2, 0.25) is 0 Å². The minimum atomic E-state index is -0.511. The third-order valence-corrected chi connectivity index (χ3v) is 16.8. The minimum Gasteiger partial charge on any atom is -0.310 e. The largest absolute Gasteiger partial charge is 0.310 e. The maximum atomic E-state index is 2.52. The molecule has 14 aromatic rings. The van der Waals surface area contributed by atoms with Crippen molar-refractivity contribution in [1.29, 1.82) is 0 Å². The Morgan fingerprint density at radius 2 is 0.831 bits per heavy atom. The van der Waals surface area contributed by atoms with E-state index in [0.29, 0.717) is 0 Å². The van der Waals surface area contributed by atoms with E-state index in [1.54, 1.807) is 0 Å². The third-order valence-electron chi connectivity index (χ3n) is 16.8. The second-order valence-electron chi connectivity index (χ2n) is 20.7. The molecule has 358 valence electrons. The lowest BCUT2D eigenvalue weighted by Gasteiger charge is -2.39. The van der Waals surface area contributed by atoms with E-state index in [0.717, 1.165) is 22.6 Å². The predicted octanol–water partition coefficient (Wildman–Crippen LogP) is 19.9. The van der Waals surface area contributed by atoms with Crippen LogP contribution in [-0.4, -0.2) is 4.57 Å². The smallest absolute Gasteiger partial charge is 0.0754 e. The first-order chi connectivity index (χ1) is 38.2. The van der Waals surface area contributed by atoms with Crippen LogP contribution in [0.5, 0.6) is 0 Å². The molecule has 2 heteroatoms. The summed E-state index contributed by atoms with van der Waals surface area (Å²) >= 11 is 0. The van der Waals surface area contributed by atoms with E-state index in [2.05, 4.69) is 301 Å². The SMILES string of the molecule is c1ccc(-c2ccccc2-c2ccccc2N(c2ccc(-c3cccc4ccccc34)cc2)c2ccc3cc(-c4ccc5c(c4)C4(c6ccccc6-5)c5ccccc5-n5c6ccccc6c6cccc4c65)ccc3c2)cc1. The third kappa shape index (κ3) is 6.43. The molecule has 1 aromatic heterocycles. The molecule has 0 saturated carbocycles. The van der Waals surface area contributed by atoms with Crippen LogP contribution in [0.1, 0.15) is 22.3 Å². The standard InChI is InChI=1S/C75H48N2/c1-2-18-49(19-3-1)60-23-6-7-24-61(60)64-26-9-13-33-71(64)76(56-42-38-51(39-43-56)59-28-16-21-50-20-4-5-22-58(50)59)57-44-40-53-46-52(36-37-54(53)47-57)55-41-45-63-62-25-8-11-30-67(62)75(70(63)48-55)68-31-12-15-35-73(68)77-72-34-14-10-27-65(72)66-29-17-32-69(75)74(66)77/h1-48H. The number of para-hydroxylation sites is 4. The number of aromatic nitrogens is 1. The van der Waals surface area contributed by atoms with Crippen LogP contribution in [0.25, 0.3) is 105 Å². The van der Waals surface area contributed by atoms with Gasteiger partial charge in [0.05, 0.1) is 27.8 Å². The zero-order chi connectivity index (χ0) is 50.6. The van der Waals surface area contributed by atoms with Crippen molar-refractivity contribution in [3.63, 3.8) is 0 Å². The molecule has 13 aromatic carbocycles. The summed E-state index contributed by atoms with van der Waals surface area (Å²) in [4.78, 5) is 2.44. The summed E-state index contributed by atoms with van der Waals surface area (Å²) < 4.78 is 2.52. The zero-order valence-electron chi connectivity index (χ0n) is 42.1. The van der Waals surface area contributed by atoms with Crippen LogP contribution in [0.15, 0.2) is 291 Å². The highest BCUT2D eigenvalue weighted by atomic mass is 15.1. The highest BCUT2D eigenvalue weighted by Crippen LogP contribution is 2.61. The Labute approximate surface area is 447 Å². The minimum absolute atomic E-state index is 0.511. The molecule has 1 aliphatic carbocycles. The molecule has 1 unspecified atom stereocenters. The summed E-state index contributed by atoms with van der Waals surface area (Å²) in [5, 5.41) is 7.44. The Morgan fingerprint density at radius 1 is 0.273 bits per heavy atom. The van der Waals surface area contributed by atoms with Gasteiger partial charge in [-0.2, -0.15) is 0 Å². The van der Waals surface area contributed by atoms with E-state index in [9.17, 15) is 0 Å². The number of anilines is 3. The molecule has 0 saturated heterocycles. The Balaban J connectivity index is 0.844. The van der Waals surface area contributed by atoms with Crippen LogP contribution in [0.2, 0.25) is 0 Å². The lowest BCUT2D eigenvalue weighted by atomic mass is 9.65. The molecule has 0 radical (unpaired) electrons. The van der Waals surface area contributed by atoms with Gasteiger partial charge in [-0.1, -0.05) is 237 Å². The van der Waals surface area contributed by atoms with Gasteiger partial charge in [0.1, 0.15) is 0 Å². The van der Waals surface area contributed by atoms with Crippen molar-refractivity contribution >= 4 is 60.4 Å². The van der Waals surface area contributed by atoms with Crippen molar-refractivity contribution in [2.24, 2.45) is 0 Å². The van der Waals surface area contributed by atoms with Crippen LogP contribution in [0, 0.1) is 0 Å². The van der Waals surface area contributed by atoms with Crippen molar-refractivity contribution in [2.75, 3.05) is 4.90 Å². The first kappa shape index (κ1) is 43.4. The van der Waals surface area contributed by atoms with Gasteiger partial charge in [0, 0.05) is 27.7 Å². The summed E-state index contributed by atoms with van der Waals surface area (Å²) in [6.07, 6.45) is 0. The molecule has 2 nitrogen and oxygen atoms in total. The summed E-state index contributed by atoms with van der Waals surface area (Å²) in [7, 11) is 0. The van der Waals surface area contributed by atoms with E-state index in [1.165, 1.54) is 121 Å². The lowest BCUT2D eigenvalue weighted by molar-refractivity contribution is 0.749. The Hall–Kier alpha value is -10.0. The fraction of sp³-hybridized carbons (Fsp3) is 0.0133. The van der Waals surface area contributed by atoms with Gasteiger partial charge < -0.3 is 9.47 Å². The molecular formula is C75H48N2. The predicted molar refractivity (Wildman–Crippen MR) is 323 cm³/mol. The van der Waals surface area contributed by atoms with Crippen LogP contribution >= 0.6 is 0 Å². The summed E-state index contributed by atoms with van der Waals surface area (Å²) in [6, 6.07) is 108. The average Bonchev–Trinajstić information content (AvgIpc) is 4.09. The topological polar surface area (TPSA) is 8.17 Å². The van der Waals surface area contributed by atoms with Crippen LogP contribution in [-0.2, 0) is 5.41 Å². The van der Waals surface area contributed by atoms with Crippen molar-refractivity contribution in [1.82, 2.24) is 4.57 Å². The summed E-state index contributed by atoms with van der Waals surface area (Å²) in [5.74, 6) is 0. The van der Waals surface area contributed by atoms with Crippen LogP contribution in [0.4, 0.5) is 17.1 Å². The molecule has 1 aliphatic heterocycles. The van der Waals surface area contributed by atoms with Crippen LogP contribution in [0.3, 0.4) is 0 Å². The number of hydrogen-bond acceptors (Lipinski definition) is 1. The number of hydrogen-bond donors (Lipinski definition) is 0. The zero-order valence-corrected chi connectivity index (χ0v) is 42.1. The fourth-order valence-electron chi connectivity index (χ4n) is 13.5. The molecular weight excluding hydrogens is 929 g/mol. The van der Waals surface area contributed by atoms with Gasteiger partial charge in [-0.15, -0.1) is 0 Å². The number of nitrogens with zero attached hydrogens (tertiary/aromatic N) is 2. The van der Waals surface area contributed by atoms with E-state index in [4.69, 9.17) is 0 Å². The van der Waals surface area contributed by atoms with Crippen molar-refractivity contribution in [3.8, 4) is 61.3 Å². The number of fused-ring (bicyclic) bond motifs is 14. The number of rotatable bonds is 7. The van der Waals surface area contributed by atoms with Crippen molar-refractivity contribution in [3.05, 3.63) is 313 Å². The molecule has 2 aliphatic rings.